The molecule has 2 aromatic carbocycles. The van der Waals surface area contributed by atoms with Gasteiger partial charge in [0, 0.05) is 11.2 Å². The number of nitrogens with one attached hydrogen (secondary N) is 1. The summed E-state index contributed by atoms with van der Waals surface area (Å²) in [6, 6.07) is 15.5. The third-order valence-corrected chi connectivity index (χ3v) is 4.33. The molecule has 0 saturated heterocycles. The molecule has 0 bridgehead atoms. The zero-order valence-corrected chi connectivity index (χ0v) is 15.5. The van der Waals surface area contributed by atoms with Gasteiger partial charge in [-0.1, -0.05) is 48.9 Å². The monoisotopic (exact) mass is 358 g/mol. The van der Waals surface area contributed by atoms with Gasteiger partial charge < -0.3 is 4.74 Å². The molecule has 0 radical (unpaired) electrons. The number of halogens is 1. The van der Waals surface area contributed by atoms with Gasteiger partial charge in [-0.15, -0.1) is 0 Å². The first-order chi connectivity index (χ1) is 12.0. The van der Waals surface area contributed by atoms with Crippen molar-refractivity contribution in [1.82, 2.24) is 5.43 Å². The summed E-state index contributed by atoms with van der Waals surface area (Å²) in [5, 5.41) is 4.67. The normalized spacial score (nSPS) is 13.4. The van der Waals surface area contributed by atoms with Crippen LogP contribution in [-0.2, 0) is 4.79 Å². The Kier molecular flexibility index (Phi) is 7.02. The first-order valence-electron chi connectivity index (χ1n) is 8.26. The predicted molar refractivity (Wildman–Crippen MR) is 102 cm³/mol. The smallest absolute Gasteiger partial charge is 0.280 e. The second kappa shape index (κ2) is 9.23. The van der Waals surface area contributed by atoms with Crippen molar-refractivity contribution >= 4 is 23.7 Å². The average molecular weight is 359 g/mol. The lowest BCUT2D eigenvalue weighted by atomic mass is 9.99. The summed E-state index contributed by atoms with van der Waals surface area (Å²) < 4.78 is 5.61. The Morgan fingerprint density at radius 2 is 1.96 bits per heavy atom. The average Bonchev–Trinajstić information content (AvgIpc) is 2.62. The quantitative estimate of drug-likeness (QED) is 0.575. The van der Waals surface area contributed by atoms with Gasteiger partial charge in [0.05, 0.1) is 0 Å². The van der Waals surface area contributed by atoms with Gasteiger partial charge in [0.15, 0.2) is 6.10 Å². The molecule has 0 heterocycles. The summed E-state index contributed by atoms with van der Waals surface area (Å²) in [6.07, 6.45) is 1.81. The third-order valence-electron chi connectivity index (χ3n) is 3.91. The molecule has 0 aliphatic heterocycles. The molecule has 1 amide bonds. The molecule has 0 saturated carbocycles. The van der Waals surface area contributed by atoms with Crippen molar-refractivity contribution in [3.63, 3.8) is 0 Å². The van der Waals surface area contributed by atoms with Crippen LogP contribution in [0.15, 0.2) is 53.6 Å². The first kappa shape index (κ1) is 19.0. The van der Waals surface area contributed by atoms with Crippen LogP contribution in [0, 0.1) is 6.92 Å². The van der Waals surface area contributed by atoms with Crippen LogP contribution >= 0.6 is 11.6 Å². The number of ether oxygens (including phenoxy) is 1. The summed E-state index contributed by atoms with van der Waals surface area (Å²) in [5.74, 6) is 0.648. The molecule has 4 nitrogen and oxygen atoms in total. The van der Waals surface area contributed by atoms with E-state index in [2.05, 4.69) is 29.6 Å². The molecule has 2 atom stereocenters. The number of hydrazone groups is 1. The summed E-state index contributed by atoms with van der Waals surface area (Å²) in [7, 11) is 0. The van der Waals surface area contributed by atoms with Gasteiger partial charge in [-0.3, -0.25) is 4.79 Å². The number of hydrogen-bond acceptors (Lipinski definition) is 3. The molecule has 2 rings (SSSR count). The Labute approximate surface area is 153 Å². The number of nitrogens with zero attached hydrogens (tertiary/aromatic N) is 1. The van der Waals surface area contributed by atoms with E-state index in [1.54, 1.807) is 31.3 Å². The van der Waals surface area contributed by atoms with Crippen molar-refractivity contribution in [2.45, 2.75) is 39.2 Å². The molecule has 0 unspecified atom stereocenters. The Morgan fingerprint density at radius 1 is 1.24 bits per heavy atom. The van der Waals surface area contributed by atoms with Gasteiger partial charge in [0.25, 0.3) is 5.91 Å². The van der Waals surface area contributed by atoms with E-state index in [1.807, 2.05) is 25.1 Å². The minimum absolute atomic E-state index is 0.295. The second-order valence-electron chi connectivity index (χ2n) is 6.01. The molecule has 0 aliphatic rings. The summed E-state index contributed by atoms with van der Waals surface area (Å²) in [6.45, 7) is 5.69. The molecule has 25 heavy (non-hydrogen) atoms. The number of amides is 1. The molecule has 5 heteroatoms. The van der Waals surface area contributed by atoms with Gasteiger partial charge in [-0.2, -0.15) is 5.10 Å². The fraction of sp³-hybridized carbons (Fsp3) is 0.300. The fourth-order valence-corrected chi connectivity index (χ4v) is 2.39. The number of rotatable bonds is 7. The van der Waals surface area contributed by atoms with Crippen LogP contribution in [0.2, 0.25) is 5.02 Å². The Bertz CT molecular complexity index is 732. The zero-order chi connectivity index (χ0) is 18.2. The Balaban J connectivity index is 1.79. The van der Waals surface area contributed by atoms with E-state index in [-0.39, 0.29) is 5.91 Å². The van der Waals surface area contributed by atoms with Crippen LogP contribution in [0.1, 0.15) is 37.3 Å². The van der Waals surface area contributed by atoms with Crippen LogP contribution in [0.5, 0.6) is 5.75 Å². The van der Waals surface area contributed by atoms with E-state index in [0.29, 0.717) is 16.7 Å². The molecule has 0 aliphatic carbocycles. The standard InChI is InChI=1S/C20H23ClN2O2/c1-14(17-7-5-4-6-8-17)11-12-22-23-20(24)16(3)25-18-9-10-19(21)15(2)13-18/h4-10,12-14,16H,11H2,1-3H3,(H,23,24)/b22-12-/t14-,16+/m1/s1. The van der Waals surface area contributed by atoms with Crippen LogP contribution in [-0.4, -0.2) is 18.2 Å². The largest absolute Gasteiger partial charge is 0.481 e. The maximum Gasteiger partial charge on any atom is 0.280 e. The predicted octanol–water partition coefficient (Wildman–Crippen LogP) is 4.71. The maximum absolute atomic E-state index is 12.0. The number of carbonyl (C=O) groups excluding carboxylic acids is 1. The van der Waals surface area contributed by atoms with Crippen molar-refractivity contribution in [2.24, 2.45) is 5.10 Å². The molecule has 2 aromatic rings. The zero-order valence-electron chi connectivity index (χ0n) is 14.7. The minimum Gasteiger partial charge on any atom is -0.481 e. The Morgan fingerprint density at radius 3 is 2.64 bits per heavy atom. The van der Waals surface area contributed by atoms with E-state index in [4.69, 9.17) is 16.3 Å². The van der Waals surface area contributed by atoms with Crippen molar-refractivity contribution in [1.29, 1.82) is 0 Å². The lowest BCUT2D eigenvalue weighted by Gasteiger charge is -2.14. The van der Waals surface area contributed by atoms with E-state index < -0.39 is 6.10 Å². The summed E-state index contributed by atoms with van der Waals surface area (Å²) in [4.78, 5) is 12.0. The highest BCUT2D eigenvalue weighted by atomic mass is 35.5. The van der Waals surface area contributed by atoms with Gasteiger partial charge in [0.1, 0.15) is 5.75 Å². The number of benzene rings is 2. The first-order valence-corrected chi connectivity index (χ1v) is 8.64. The topological polar surface area (TPSA) is 50.7 Å². The van der Waals surface area contributed by atoms with Crippen LogP contribution < -0.4 is 10.2 Å². The molecule has 1 N–H and O–H groups in total. The van der Waals surface area contributed by atoms with E-state index in [9.17, 15) is 4.79 Å². The minimum atomic E-state index is -0.649. The molecular weight excluding hydrogens is 336 g/mol. The number of hydrogen-bond donors (Lipinski definition) is 1. The molecule has 0 fully saturated rings. The van der Waals surface area contributed by atoms with E-state index >= 15 is 0 Å². The van der Waals surface area contributed by atoms with Crippen molar-refractivity contribution in [3.8, 4) is 5.75 Å². The lowest BCUT2D eigenvalue weighted by molar-refractivity contribution is -0.127. The summed E-state index contributed by atoms with van der Waals surface area (Å²) in [5.41, 5.74) is 4.66. The van der Waals surface area contributed by atoms with Crippen molar-refractivity contribution < 1.29 is 9.53 Å². The van der Waals surface area contributed by atoms with Crippen molar-refractivity contribution in [2.75, 3.05) is 0 Å². The van der Waals surface area contributed by atoms with Crippen LogP contribution in [0.3, 0.4) is 0 Å². The fourth-order valence-electron chi connectivity index (χ4n) is 2.28. The maximum atomic E-state index is 12.0. The molecule has 132 valence electrons. The lowest BCUT2D eigenvalue weighted by Crippen LogP contribution is -2.33. The Hall–Kier alpha value is -2.33. The van der Waals surface area contributed by atoms with Crippen LogP contribution in [0.4, 0.5) is 0 Å². The second-order valence-corrected chi connectivity index (χ2v) is 6.41. The highest BCUT2D eigenvalue weighted by molar-refractivity contribution is 6.31. The molecular formula is C20H23ClN2O2. The summed E-state index contributed by atoms with van der Waals surface area (Å²) >= 11 is 5.98. The molecule has 0 spiro atoms. The highest BCUT2D eigenvalue weighted by Crippen LogP contribution is 2.22. The van der Waals surface area contributed by atoms with Crippen molar-refractivity contribution in [3.05, 3.63) is 64.7 Å². The van der Waals surface area contributed by atoms with Gasteiger partial charge in [0.2, 0.25) is 0 Å². The van der Waals surface area contributed by atoms with Crippen LogP contribution in [0.25, 0.3) is 0 Å². The van der Waals surface area contributed by atoms with E-state index in [1.165, 1.54) is 5.56 Å². The third kappa shape index (κ3) is 5.91. The van der Waals surface area contributed by atoms with E-state index in [0.717, 1.165) is 12.0 Å². The number of carbonyl (C=O) groups is 1. The van der Waals surface area contributed by atoms with Gasteiger partial charge in [-0.25, -0.2) is 5.43 Å². The SMILES string of the molecule is Cc1cc(O[C@@H](C)C(=O)N/N=C\C[C@@H](C)c2ccccc2)ccc1Cl. The molecule has 0 aromatic heterocycles. The number of aryl methyl sites for hydroxylation is 1. The van der Waals surface area contributed by atoms with Gasteiger partial charge in [-0.05, 0) is 55.5 Å². The van der Waals surface area contributed by atoms with Gasteiger partial charge >= 0.3 is 0 Å². The highest BCUT2D eigenvalue weighted by Gasteiger charge is 2.14.